The van der Waals surface area contributed by atoms with Gasteiger partial charge in [-0.15, -0.1) is 0 Å². The minimum atomic E-state index is 0.127. The third-order valence-electron chi connectivity index (χ3n) is 3.04. The van der Waals surface area contributed by atoms with E-state index in [2.05, 4.69) is 12.6 Å². The smallest absolute Gasteiger partial charge is 0.307 e. The molecule has 1 aliphatic heterocycles. The fraction of sp³-hybridized carbons (Fsp3) is 0.700. The highest BCUT2D eigenvalue weighted by molar-refractivity contribution is 7.80. The standard InChI is InChI=1S/C10H15NO2S2/c12-9-11(3-6-15-9)7-10(8-14)1-4-13-5-2-10/h3,6,14H,1-2,4-5,7-8H2. The highest BCUT2D eigenvalue weighted by Crippen LogP contribution is 2.33. The summed E-state index contributed by atoms with van der Waals surface area (Å²) in [6.07, 6.45) is 3.87. The van der Waals surface area contributed by atoms with Crippen molar-refractivity contribution in [1.82, 2.24) is 4.57 Å². The number of aromatic nitrogens is 1. The largest absolute Gasteiger partial charge is 0.381 e. The molecule has 5 heteroatoms. The van der Waals surface area contributed by atoms with Gasteiger partial charge in [0.05, 0.1) is 0 Å². The molecule has 0 saturated carbocycles. The monoisotopic (exact) mass is 245 g/mol. The summed E-state index contributed by atoms with van der Waals surface area (Å²) in [6.45, 7) is 2.36. The molecule has 0 atom stereocenters. The van der Waals surface area contributed by atoms with Gasteiger partial charge < -0.3 is 9.30 Å². The van der Waals surface area contributed by atoms with Crippen molar-refractivity contribution in [1.29, 1.82) is 0 Å². The molecule has 0 aliphatic carbocycles. The SMILES string of the molecule is O=c1sccn1CC1(CS)CCOCC1. The van der Waals surface area contributed by atoms with Crippen LogP contribution in [-0.4, -0.2) is 23.5 Å². The van der Waals surface area contributed by atoms with Crippen LogP contribution in [-0.2, 0) is 11.3 Å². The molecule has 1 fully saturated rings. The molecule has 15 heavy (non-hydrogen) atoms. The second-order valence-corrected chi connectivity index (χ2v) is 5.24. The number of hydrogen-bond donors (Lipinski definition) is 1. The Morgan fingerprint density at radius 1 is 1.53 bits per heavy atom. The van der Waals surface area contributed by atoms with Gasteiger partial charge in [-0.05, 0) is 18.6 Å². The molecule has 0 bridgehead atoms. The Labute approximate surface area is 98.5 Å². The van der Waals surface area contributed by atoms with Crippen LogP contribution in [0.2, 0.25) is 0 Å². The Hall–Kier alpha value is -0.260. The van der Waals surface area contributed by atoms with Crippen molar-refractivity contribution < 1.29 is 4.74 Å². The zero-order valence-corrected chi connectivity index (χ0v) is 10.2. The van der Waals surface area contributed by atoms with E-state index in [9.17, 15) is 4.79 Å². The van der Waals surface area contributed by atoms with Crippen LogP contribution in [0.4, 0.5) is 0 Å². The lowest BCUT2D eigenvalue weighted by Gasteiger charge is -2.35. The van der Waals surface area contributed by atoms with Crippen molar-refractivity contribution >= 4 is 24.0 Å². The van der Waals surface area contributed by atoms with E-state index in [1.54, 1.807) is 4.57 Å². The first-order valence-corrected chi connectivity index (χ1v) is 6.60. The van der Waals surface area contributed by atoms with Crippen molar-refractivity contribution in [2.24, 2.45) is 5.41 Å². The Balaban J connectivity index is 2.14. The first-order valence-electron chi connectivity index (χ1n) is 5.08. The zero-order valence-electron chi connectivity index (χ0n) is 8.52. The van der Waals surface area contributed by atoms with E-state index in [0.717, 1.165) is 38.4 Å². The summed E-state index contributed by atoms with van der Waals surface area (Å²) in [5.41, 5.74) is 0.145. The Bertz CT molecular complexity index is 365. The fourth-order valence-electron chi connectivity index (χ4n) is 1.94. The van der Waals surface area contributed by atoms with Crippen LogP contribution in [0.25, 0.3) is 0 Å². The van der Waals surface area contributed by atoms with Gasteiger partial charge in [-0.3, -0.25) is 4.79 Å². The average molecular weight is 245 g/mol. The molecule has 84 valence electrons. The maximum absolute atomic E-state index is 11.5. The lowest BCUT2D eigenvalue weighted by molar-refractivity contribution is 0.0179. The molecule has 0 unspecified atom stereocenters. The summed E-state index contributed by atoms with van der Waals surface area (Å²) in [4.78, 5) is 11.6. The number of nitrogens with zero attached hydrogens (tertiary/aromatic N) is 1. The van der Waals surface area contributed by atoms with E-state index in [1.165, 1.54) is 11.3 Å². The molecule has 1 aromatic heterocycles. The molecule has 0 radical (unpaired) electrons. The predicted octanol–water partition coefficient (Wildman–Crippen LogP) is 1.64. The maximum atomic E-state index is 11.5. The summed E-state index contributed by atoms with van der Waals surface area (Å²) in [6, 6.07) is 0. The molecule has 0 amide bonds. The third kappa shape index (κ3) is 2.46. The highest BCUT2D eigenvalue weighted by Gasteiger charge is 2.31. The van der Waals surface area contributed by atoms with Crippen LogP contribution in [0.1, 0.15) is 12.8 Å². The predicted molar refractivity (Wildman–Crippen MR) is 64.9 cm³/mol. The number of thiazole rings is 1. The number of rotatable bonds is 3. The fourth-order valence-corrected chi connectivity index (χ4v) is 2.94. The normalized spacial score (nSPS) is 20.3. The lowest BCUT2D eigenvalue weighted by Crippen LogP contribution is -2.37. The van der Waals surface area contributed by atoms with Crippen LogP contribution in [0.3, 0.4) is 0 Å². The molecule has 0 spiro atoms. The van der Waals surface area contributed by atoms with Gasteiger partial charge in [-0.25, -0.2) is 0 Å². The van der Waals surface area contributed by atoms with Crippen molar-refractivity contribution in [2.45, 2.75) is 19.4 Å². The summed E-state index contributed by atoms with van der Waals surface area (Å²) < 4.78 is 7.16. The van der Waals surface area contributed by atoms with Gasteiger partial charge >= 0.3 is 4.87 Å². The highest BCUT2D eigenvalue weighted by atomic mass is 32.1. The van der Waals surface area contributed by atoms with Crippen molar-refractivity contribution in [3.8, 4) is 0 Å². The summed E-state index contributed by atoms with van der Waals surface area (Å²) in [5, 5.41) is 1.84. The van der Waals surface area contributed by atoms with Crippen LogP contribution in [0.5, 0.6) is 0 Å². The van der Waals surface area contributed by atoms with Crippen LogP contribution in [0, 0.1) is 5.41 Å². The molecule has 0 N–H and O–H groups in total. The van der Waals surface area contributed by atoms with Crippen molar-refractivity contribution in [3.63, 3.8) is 0 Å². The van der Waals surface area contributed by atoms with Crippen LogP contribution < -0.4 is 4.87 Å². The van der Waals surface area contributed by atoms with Crippen LogP contribution >= 0.6 is 24.0 Å². The molecule has 1 aromatic rings. The summed E-state index contributed by atoms with van der Waals surface area (Å²) in [7, 11) is 0. The van der Waals surface area contributed by atoms with E-state index in [0.29, 0.717) is 0 Å². The van der Waals surface area contributed by atoms with Gasteiger partial charge in [-0.1, -0.05) is 11.3 Å². The Morgan fingerprint density at radius 3 is 2.80 bits per heavy atom. The Kier molecular flexibility index (Phi) is 3.53. The molecular weight excluding hydrogens is 230 g/mol. The van der Waals surface area contributed by atoms with Crippen molar-refractivity contribution in [3.05, 3.63) is 21.2 Å². The van der Waals surface area contributed by atoms with Gasteiger partial charge in [-0.2, -0.15) is 12.6 Å². The molecule has 2 rings (SSSR count). The first-order chi connectivity index (χ1) is 7.26. The first kappa shape index (κ1) is 11.2. The minimum Gasteiger partial charge on any atom is -0.381 e. The van der Waals surface area contributed by atoms with Gasteiger partial charge in [0.2, 0.25) is 0 Å². The molecule has 2 heterocycles. The number of ether oxygens (including phenoxy) is 1. The van der Waals surface area contributed by atoms with E-state index in [-0.39, 0.29) is 10.3 Å². The average Bonchev–Trinajstić information content (AvgIpc) is 2.66. The molecule has 1 aliphatic rings. The van der Waals surface area contributed by atoms with Gasteiger partial charge in [0.1, 0.15) is 0 Å². The minimum absolute atomic E-state index is 0.127. The number of hydrogen-bond acceptors (Lipinski definition) is 4. The quantitative estimate of drug-likeness (QED) is 0.821. The second kappa shape index (κ2) is 4.72. The molecule has 0 aromatic carbocycles. The maximum Gasteiger partial charge on any atom is 0.307 e. The molecule has 3 nitrogen and oxygen atoms in total. The van der Waals surface area contributed by atoms with E-state index in [1.807, 2.05) is 11.6 Å². The van der Waals surface area contributed by atoms with E-state index in [4.69, 9.17) is 4.74 Å². The lowest BCUT2D eigenvalue weighted by atomic mass is 9.82. The van der Waals surface area contributed by atoms with E-state index < -0.39 is 0 Å². The van der Waals surface area contributed by atoms with E-state index >= 15 is 0 Å². The topological polar surface area (TPSA) is 31.2 Å². The van der Waals surface area contributed by atoms with Gasteiger partial charge in [0.15, 0.2) is 0 Å². The summed E-state index contributed by atoms with van der Waals surface area (Å²) >= 11 is 5.68. The molecule has 1 saturated heterocycles. The van der Waals surface area contributed by atoms with Gasteiger partial charge in [0, 0.05) is 36.8 Å². The zero-order chi connectivity index (χ0) is 10.7. The molecular formula is C10H15NO2S2. The Morgan fingerprint density at radius 2 is 2.27 bits per heavy atom. The number of thiol groups is 1. The second-order valence-electron chi connectivity index (χ2n) is 4.07. The summed E-state index contributed by atoms with van der Waals surface area (Å²) in [5.74, 6) is 0.818. The third-order valence-corrected chi connectivity index (χ3v) is 4.40. The van der Waals surface area contributed by atoms with Crippen molar-refractivity contribution in [2.75, 3.05) is 19.0 Å². The van der Waals surface area contributed by atoms with Gasteiger partial charge in [0.25, 0.3) is 0 Å². The van der Waals surface area contributed by atoms with Crippen LogP contribution in [0.15, 0.2) is 16.4 Å².